The summed E-state index contributed by atoms with van der Waals surface area (Å²) in [5, 5.41) is 7.57. The topological polar surface area (TPSA) is 122 Å². The van der Waals surface area contributed by atoms with Crippen molar-refractivity contribution in [3.63, 3.8) is 0 Å². The Morgan fingerprint density at radius 3 is 2.33 bits per heavy atom. The molecule has 0 aliphatic carbocycles. The smallest absolute Gasteiger partial charge is 0.257 e. The highest BCUT2D eigenvalue weighted by Crippen LogP contribution is 2.12. The minimum absolute atomic E-state index is 0.263. The SMILES string of the molecule is NS(=O)(=O)Cc1ccc(NC(=O)c2ccc(=O)[nH]c2)cc1. The molecule has 1 heterocycles. The molecule has 110 valence electrons. The monoisotopic (exact) mass is 307 g/mol. The number of aromatic nitrogens is 1. The third-order valence-electron chi connectivity index (χ3n) is 2.63. The Balaban J connectivity index is 2.08. The van der Waals surface area contributed by atoms with E-state index in [0.717, 1.165) is 0 Å². The number of benzene rings is 1. The number of hydrogen-bond acceptors (Lipinski definition) is 4. The number of sulfonamides is 1. The van der Waals surface area contributed by atoms with Gasteiger partial charge in [0.05, 0.1) is 11.3 Å². The van der Waals surface area contributed by atoms with Crippen LogP contribution >= 0.6 is 0 Å². The molecule has 0 radical (unpaired) electrons. The van der Waals surface area contributed by atoms with Gasteiger partial charge in [-0.25, -0.2) is 13.6 Å². The molecule has 1 amide bonds. The number of anilines is 1. The second-order valence-corrected chi connectivity index (χ2v) is 6.01. The Morgan fingerprint density at radius 1 is 1.14 bits per heavy atom. The fourth-order valence-electron chi connectivity index (χ4n) is 1.67. The largest absolute Gasteiger partial charge is 0.328 e. The Morgan fingerprint density at radius 2 is 1.81 bits per heavy atom. The highest BCUT2D eigenvalue weighted by molar-refractivity contribution is 7.88. The molecule has 0 unspecified atom stereocenters. The van der Waals surface area contributed by atoms with E-state index in [1.165, 1.54) is 18.3 Å². The van der Waals surface area contributed by atoms with Crippen molar-refractivity contribution >= 4 is 21.6 Å². The van der Waals surface area contributed by atoms with E-state index in [0.29, 0.717) is 16.8 Å². The number of amides is 1. The number of nitrogens with one attached hydrogen (secondary N) is 2. The van der Waals surface area contributed by atoms with Crippen LogP contribution in [0.1, 0.15) is 15.9 Å². The number of carbonyl (C=O) groups is 1. The summed E-state index contributed by atoms with van der Waals surface area (Å²) in [5.74, 6) is -0.647. The fraction of sp³-hybridized carbons (Fsp3) is 0.0769. The summed E-state index contributed by atoms with van der Waals surface area (Å²) in [7, 11) is -3.58. The van der Waals surface area contributed by atoms with Crippen LogP contribution in [0.2, 0.25) is 0 Å². The second-order valence-electron chi connectivity index (χ2n) is 4.40. The van der Waals surface area contributed by atoms with Gasteiger partial charge in [-0.1, -0.05) is 12.1 Å². The molecule has 0 bridgehead atoms. The van der Waals surface area contributed by atoms with Crippen LogP contribution in [-0.2, 0) is 15.8 Å². The molecule has 0 aliphatic rings. The minimum Gasteiger partial charge on any atom is -0.328 e. The first-order valence-electron chi connectivity index (χ1n) is 5.93. The molecule has 0 fully saturated rings. The highest BCUT2D eigenvalue weighted by atomic mass is 32.2. The molecule has 7 nitrogen and oxygen atoms in total. The molecule has 1 aromatic heterocycles. The van der Waals surface area contributed by atoms with E-state index in [2.05, 4.69) is 10.3 Å². The molecule has 0 aliphatic heterocycles. The molecule has 4 N–H and O–H groups in total. The van der Waals surface area contributed by atoms with Crippen LogP contribution in [0.3, 0.4) is 0 Å². The van der Waals surface area contributed by atoms with E-state index in [-0.39, 0.29) is 17.2 Å². The number of hydrogen-bond donors (Lipinski definition) is 3. The third-order valence-corrected chi connectivity index (χ3v) is 3.36. The number of rotatable bonds is 4. The predicted molar refractivity (Wildman–Crippen MR) is 78.3 cm³/mol. The lowest BCUT2D eigenvalue weighted by molar-refractivity contribution is 0.102. The molecular weight excluding hydrogens is 294 g/mol. The predicted octanol–water partition coefficient (Wildman–Crippen LogP) is 0.416. The molecule has 2 rings (SSSR count). The lowest BCUT2D eigenvalue weighted by atomic mass is 10.2. The molecule has 1 aromatic carbocycles. The maximum atomic E-state index is 11.9. The number of aromatic amines is 1. The van der Waals surface area contributed by atoms with Crippen molar-refractivity contribution in [3.8, 4) is 0 Å². The van der Waals surface area contributed by atoms with Gasteiger partial charge in [0.25, 0.3) is 5.91 Å². The summed E-state index contributed by atoms with van der Waals surface area (Å²) in [6.07, 6.45) is 1.31. The van der Waals surface area contributed by atoms with Gasteiger partial charge in [0.1, 0.15) is 0 Å². The highest BCUT2D eigenvalue weighted by Gasteiger charge is 2.07. The van der Waals surface area contributed by atoms with Crippen LogP contribution in [0, 0.1) is 0 Å². The van der Waals surface area contributed by atoms with Crippen molar-refractivity contribution < 1.29 is 13.2 Å². The Hall–Kier alpha value is -2.45. The van der Waals surface area contributed by atoms with Crippen LogP contribution in [0.5, 0.6) is 0 Å². The Kier molecular flexibility index (Phi) is 4.20. The average molecular weight is 307 g/mol. The molecule has 0 spiro atoms. The van der Waals surface area contributed by atoms with Crippen LogP contribution in [0.15, 0.2) is 47.4 Å². The van der Waals surface area contributed by atoms with Crippen molar-refractivity contribution in [3.05, 3.63) is 64.1 Å². The van der Waals surface area contributed by atoms with Gasteiger partial charge in [-0.05, 0) is 23.8 Å². The summed E-state index contributed by atoms with van der Waals surface area (Å²) in [5.41, 5.74) is 1.05. The van der Waals surface area contributed by atoms with E-state index in [4.69, 9.17) is 5.14 Å². The maximum absolute atomic E-state index is 11.9. The zero-order valence-electron chi connectivity index (χ0n) is 10.9. The van der Waals surface area contributed by atoms with Crippen LogP contribution < -0.4 is 16.0 Å². The van der Waals surface area contributed by atoms with Crippen LogP contribution in [-0.4, -0.2) is 19.3 Å². The van der Waals surface area contributed by atoms with Gasteiger partial charge in [0.2, 0.25) is 15.6 Å². The summed E-state index contributed by atoms with van der Waals surface area (Å²) < 4.78 is 21.9. The van der Waals surface area contributed by atoms with Gasteiger partial charge >= 0.3 is 0 Å². The third kappa shape index (κ3) is 4.55. The quantitative estimate of drug-likeness (QED) is 0.757. The van der Waals surface area contributed by atoms with Crippen molar-refractivity contribution in [1.82, 2.24) is 4.98 Å². The number of carbonyl (C=O) groups excluding carboxylic acids is 1. The van der Waals surface area contributed by atoms with Crippen molar-refractivity contribution in [1.29, 1.82) is 0 Å². The second kappa shape index (κ2) is 5.90. The molecule has 2 aromatic rings. The lowest BCUT2D eigenvalue weighted by Gasteiger charge is -2.06. The number of pyridine rings is 1. The zero-order valence-corrected chi connectivity index (χ0v) is 11.7. The van der Waals surface area contributed by atoms with Crippen molar-refractivity contribution in [2.24, 2.45) is 5.14 Å². The molecule has 0 saturated heterocycles. The summed E-state index contributed by atoms with van der Waals surface area (Å²) in [4.78, 5) is 25.2. The van der Waals surface area contributed by atoms with Crippen LogP contribution in [0.25, 0.3) is 0 Å². The molecule has 8 heteroatoms. The normalized spacial score (nSPS) is 11.1. The summed E-state index contributed by atoms with van der Waals surface area (Å²) in [6, 6.07) is 8.93. The van der Waals surface area contributed by atoms with Gasteiger partial charge in [-0.2, -0.15) is 0 Å². The van der Waals surface area contributed by atoms with E-state index in [1.807, 2.05) is 0 Å². The summed E-state index contributed by atoms with van der Waals surface area (Å²) >= 11 is 0. The first kappa shape index (κ1) is 14.9. The minimum atomic E-state index is -3.58. The van der Waals surface area contributed by atoms with Crippen molar-refractivity contribution in [2.45, 2.75) is 5.75 Å². The first-order chi connectivity index (χ1) is 9.83. The van der Waals surface area contributed by atoms with Gasteiger partial charge in [-0.3, -0.25) is 9.59 Å². The standard InChI is InChI=1S/C13H13N3O4S/c14-21(19,20)8-9-1-4-11(5-2-9)16-13(18)10-3-6-12(17)15-7-10/h1-7H,8H2,(H,15,17)(H,16,18)(H2,14,19,20). The van der Waals surface area contributed by atoms with E-state index in [1.54, 1.807) is 24.3 Å². The van der Waals surface area contributed by atoms with E-state index in [9.17, 15) is 18.0 Å². The molecular formula is C13H13N3O4S. The van der Waals surface area contributed by atoms with Crippen LogP contribution in [0.4, 0.5) is 5.69 Å². The Labute approximate surface area is 120 Å². The number of primary sulfonamides is 1. The summed E-state index contributed by atoms with van der Waals surface area (Å²) in [6.45, 7) is 0. The van der Waals surface area contributed by atoms with Crippen molar-refractivity contribution in [2.75, 3.05) is 5.32 Å². The molecule has 0 saturated carbocycles. The molecule has 0 atom stereocenters. The fourth-order valence-corrected chi connectivity index (χ4v) is 2.33. The number of nitrogens with two attached hydrogens (primary N) is 1. The zero-order chi connectivity index (χ0) is 15.5. The van der Waals surface area contributed by atoms with Gasteiger partial charge in [-0.15, -0.1) is 0 Å². The van der Waals surface area contributed by atoms with Gasteiger partial charge < -0.3 is 10.3 Å². The maximum Gasteiger partial charge on any atom is 0.257 e. The van der Waals surface area contributed by atoms with E-state index < -0.39 is 10.0 Å². The Bertz CT molecular complexity index is 790. The lowest BCUT2D eigenvalue weighted by Crippen LogP contribution is -2.15. The first-order valence-corrected chi connectivity index (χ1v) is 7.64. The number of H-pyrrole nitrogens is 1. The van der Waals surface area contributed by atoms with E-state index >= 15 is 0 Å². The van der Waals surface area contributed by atoms with Gasteiger partial charge in [0, 0.05) is 18.0 Å². The molecule has 21 heavy (non-hydrogen) atoms. The average Bonchev–Trinajstić information content (AvgIpc) is 2.40. The van der Waals surface area contributed by atoms with Gasteiger partial charge in [0.15, 0.2) is 0 Å².